The molecule has 16 heavy (non-hydrogen) atoms. The molecular weight excluding hydrogens is 226 g/mol. The molecule has 0 amide bonds. The van der Waals surface area contributed by atoms with Crippen LogP contribution in [-0.2, 0) is 9.53 Å². The molecule has 1 saturated heterocycles. The van der Waals surface area contributed by atoms with Crippen molar-refractivity contribution < 1.29 is 14.3 Å². The summed E-state index contributed by atoms with van der Waals surface area (Å²) in [6.07, 6.45) is 0.448. The third-order valence-electron chi connectivity index (χ3n) is 2.92. The van der Waals surface area contributed by atoms with Crippen molar-refractivity contribution in [3.63, 3.8) is 0 Å². The third kappa shape index (κ3) is 1.06. The number of hydrogen-bond donors (Lipinski definition) is 1. The Labute approximate surface area is 96.1 Å². The number of carbonyl (C=O) groups excluding carboxylic acids is 2. The van der Waals surface area contributed by atoms with Crippen molar-refractivity contribution in [2.75, 3.05) is 12.3 Å². The number of benzene rings is 1. The number of rotatable bonds is 0. The van der Waals surface area contributed by atoms with Gasteiger partial charge in [0, 0.05) is 22.6 Å². The number of carbonyl (C=O) groups is 2. The highest BCUT2D eigenvalue weighted by Gasteiger charge is 2.56. The van der Waals surface area contributed by atoms with E-state index in [4.69, 9.17) is 10.5 Å². The molecule has 1 unspecified atom stereocenters. The first-order valence-electron chi connectivity index (χ1n) is 4.94. The van der Waals surface area contributed by atoms with Gasteiger partial charge in [-0.2, -0.15) is 0 Å². The van der Waals surface area contributed by atoms with Crippen LogP contribution in [0.4, 0.5) is 5.69 Å². The van der Waals surface area contributed by atoms with E-state index in [1.54, 1.807) is 18.2 Å². The predicted molar refractivity (Wildman–Crippen MR) is 59.3 cm³/mol. The van der Waals surface area contributed by atoms with Gasteiger partial charge in [-0.3, -0.25) is 9.59 Å². The Hall–Kier alpha value is -1.49. The lowest BCUT2D eigenvalue weighted by Gasteiger charge is -2.13. The molecule has 4 nitrogen and oxygen atoms in total. The van der Waals surface area contributed by atoms with Crippen LogP contribution in [0.1, 0.15) is 16.8 Å². The Morgan fingerprint density at radius 3 is 2.88 bits per heavy atom. The Kier molecular flexibility index (Phi) is 1.83. The molecule has 2 aliphatic heterocycles. The number of ketones is 1. The Morgan fingerprint density at radius 1 is 1.38 bits per heavy atom. The summed E-state index contributed by atoms with van der Waals surface area (Å²) in [7, 11) is 0. The normalized spacial score (nSPS) is 27.2. The fourth-order valence-electron chi connectivity index (χ4n) is 2.07. The van der Waals surface area contributed by atoms with Gasteiger partial charge in [0.1, 0.15) is 0 Å². The van der Waals surface area contributed by atoms with Gasteiger partial charge in [-0.25, -0.2) is 0 Å². The molecular formula is C11H9NO3S. The lowest BCUT2D eigenvalue weighted by Crippen LogP contribution is -2.36. The van der Waals surface area contributed by atoms with E-state index in [1.165, 1.54) is 11.8 Å². The van der Waals surface area contributed by atoms with Gasteiger partial charge in [0.15, 0.2) is 10.5 Å². The Morgan fingerprint density at radius 2 is 2.19 bits per heavy atom. The van der Waals surface area contributed by atoms with Crippen molar-refractivity contribution in [1.29, 1.82) is 0 Å². The zero-order valence-electron chi connectivity index (χ0n) is 8.36. The lowest BCUT2D eigenvalue weighted by molar-refractivity contribution is -0.138. The largest absolute Gasteiger partial charge is 0.464 e. The van der Waals surface area contributed by atoms with Gasteiger partial charge in [0.2, 0.25) is 0 Å². The molecule has 0 aliphatic carbocycles. The highest BCUT2D eigenvalue weighted by atomic mass is 32.2. The van der Waals surface area contributed by atoms with Crippen LogP contribution in [0.25, 0.3) is 0 Å². The average molecular weight is 235 g/mol. The van der Waals surface area contributed by atoms with E-state index in [-0.39, 0.29) is 5.78 Å². The van der Waals surface area contributed by atoms with E-state index in [0.717, 1.165) is 4.90 Å². The van der Waals surface area contributed by atoms with Gasteiger partial charge in [-0.15, -0.1) is 0 Å². The standard InChI is InChI=1S/C11H9NO3S/c12-6-1-2-8-7(5-6)9(13)11(16-8)3-4-15-10(11)14/h1-2,5H,3-4,12H2. The van der Waals surface area contributed by atoms with Crippen molar-refractivity contribution in [2.24, 2.45) is 0 Å². The number of ether oxygens (including phenoxy) is 1. The SMILES string of the molecule is Nc1ccc2c(c1)C(=O)C1(CCOC1=O)S2. The number of cyclic esters (lactones) is 1. The smallest absolute Gasteiger partial charge is 0.330 e. The fourth-order valence-corrected chi connectivity index (χ4v) is 3.37. The monoisotopic (exact) mass is 235 g/mol. The van der Waals surface area contributed by atoms with Gasteiger partial charge in [-0.05, 0) is 18.2 Å². The van der Waals surface area contributed by atoms with Crippen molar-refractivity contribution in [3.05, 3.63) is 23.8 Å². The van der Waals surface area contributed by atoms with E-state index >= 15 is 0 Å². The number of nitrogens with two attached hydrogens (primary N) is 1. The maximum atomic E-state index is 12.2. The second kappa shape index (κ2) is 3.01. The quantitative estimate of drug-likeness (QED) is 0.416. The zero-order valence-corrected chi connectivity index (χ0v) is 9.17. The molecule has 1 aromatic rings. The average Bonchev–Trinajstić information content (AvgIpc) is 2.75. The highest BCUT2D eigenvalue weighted by molar-refractivity contribution is 8.03. The van der Waals surface area contributed by atoms with Crippen molar-refractivity contribution >= 4 is 29.2 Å². The molecule has 5 heteroatoms. The second-order valence-corrected chi connectivity index (χ2v) is 5.24. The molecule has 1 spiro atoms. The first-order chi connectivity index (χ1) is 7.63. The van der Waals surface area contributed by atoms with Crippen molar-refractivity contribution in [2.45, 2.75) is 16.1 Å². The Bertz CT molecular complexity index is 514. The van der Waals surface area contributed by atoms with E-state index in [9.17, 15) is 9.59 Å². The van der Waals surface area contributed by atoms with Crippen LogP contribution >= 0.6 is 11.8 Å². The molecule has 1 atom stereocenters. The van der Waals surface area contributed by atoms with Crippen LogP contribution in [0.5, 0.6) is 0 Å². The minimum atomic E-state index is -1.03. The predicted octanol–water partition coefficient (Wildman–Crippen LogP) is 1.24. The molecule has 0 aromatic heterocycles. The van der Waals surface area contributed by atoms with Gasteiger partial charge in [0.25, 0.3) is 0 Å². The summed E-state index contributed by atoms with van der Waals surface area (Å²) in [5.74, 6) is -0.584. The summed E-state index contributed by atoms with van der Waals surface area (Å²) >= 11 is 1.29. The summed E-state index contributed by atoms with van der Waals surface area (Å²) in [5.41, 5.74) is 6.72. The van der Waals surface area contributed by atoms with Crippen LogP contribution in [0.3, 0.4) is 0 Å². The molecule has 0 bridgehead atoms. The van der Waals surface area contributed by atoms with E-state index in [2.05, 4.69) is 0 Å². The molecule has 2 aliphatic rings. The van der Waals surface area contributed by atoms with Gasteiger partial charge < -0.3 is 10.5 Å². The highest BCUT2D eigenvalue weighted by Crippen LogP contribution is 2.50. The maximum Gasteiger partial charge on any atom is 0.330 e. The summed E-state index contributed by atoms with van der Waals surface area (Å²) < 4.78 is 3.88. The summed E-state index contributed by atoms with van der Waals surface area (Å²) in [4.78, 5) is 24.7. The van der Waals surface area contributed by atoms with Gasteiger partial charge in [0.05, 0.1) is 6.61 Å². The van der Waals surface area contributed by atoms with Crippen molar-refractivity contribution in [3.8, 4) is 0 Å². The minimum absolute atomic E-state index is 0.165. The molecule has 0 saturated carbocycles. The minimum Gasteiger partial charge on any atom is -0.464 e. The fraction of sp³-hybridized carbons (Fsp3) is 0.273. The van der Waals surface area contributed by atoms with Crippen LogP contribution in [0.2, 0.25) is 0 Å². The van der Waals surface area contributed by atoms with E-state index < -0.39 is 10.7 Å². The maximum absolute atomic E-state index is 12.2. The lowest BCUT2D eigenvalue weighted by atomic mass is 9.96. The summed E-state index contributed by atoms with van der Waals surface area (Å²) in [6.45, 7) is 0.320. The third-order valence-corrected chi connectivity index (χ3v) is 4.40. The second-order valence-electron chi connectivity index (χ2n) is 3.90. The zero-order chi connectivity index (χ0) is 11.3. The molecule has 1 fully saturated rings. The number of nitrogen functional groups attached to an aromatic ring is 1. The topological polar surface area (TPSA) is 69.4 Å². The number of anilines is 1. The Balaban J connectivity index is 2.13. The number of hydrogen-bond acceptors (Lipinski definition) is 5. The van der Waals surface area contributed by atoms with Crippen LogP contribution in [0, 0.1) is 0 Å². The van der Waals surface area contributed by atoms with Crippen LogP contribution in [-0.4, -0.2) is 23.1 Å². The first-order valence-corrected chi connectivity index (χ1v) is 5.76. The first kappa shape index (κ1) is 9.72. The van der Waals surface area contributed by atoms with Crippen molar-refractivity contribution in [1.82, 2.24) is 0 Å². The number of esters is 1. The summed E-state index contributed by atoms with van der Waals surface area (Å²) in [5, 5.41) is 0. The molecule has 1 aromatic carbocycles. The molecule has 0 radical (unpaired) electrons. The molecule has 3 rings (SSSR count). The van der Waals surface area contributed by atoms with Gasteiger partial charge >= 0.3 is 5.97 Å². The van der Waals surface area contributed by atoms with Gasteiger partial charge in [-0.1, -0.05) is 11.8 Å². The van der Waals surface area contributed by atoms with E-state index in [0.29, 0.717) is 24.3 Å². The number of thioether (sulfide) groups is 1. The van der Waals surface area contributed by atoms with E-state index in [1.807, 2.05) is 0 Å². The number of Topliss-reactive ketones (excluding diaryl/α,β-unsaturated/α-hetero) is 1. The summed E-state index contributed by atoms with van der Waals surface area (Å²) in [6, 6.07) is 5.15. The number of fused-ring (bicyclic) bond motifs is 1. The van der Waals surface area contributed by atoms with Crippen LogP contribution < -0.4 is 5.73 Å². The van der Waals surface area contributed by atoms with Crippen LogP contribution in [0.15, 0.2) is 23.1 Å². The molecule has 2 heterocycles. The molecule has 82 valence electrons. The molecule has 2 N–H and O–H groups in total.